The quantitative estimate of drug-likeness (QED) is 0.439. The number of nitrogens with one attached hydrogen (secondary N) is 3. The highest BCUT2D eigenvalue weighted by Crippen LogP contribution is 2.39. The Kier molecular flexibility index (Phi) is 9.43. The van der Waals surface area contributed by atoms with E-state index in [4.69, 9.17) is 4.98 Å². The molecule has 9 heteroatoms. The summed E-state index contributed by atoms with van der Waals surface area (Å²) in [6, 6.07) is 8.27. The molecule has 4 rings (SSSR count). The normalized spacial score (nSPS) is 19.9. The maximum absolute atomic E-state index is 14.0. The number of thiazole rings is 1. The molecule has 1 saturated carbocycles. The van der Waals surface area contributed by atoms with Gasteiger partial charge in [0.25, 0.3) is 0 Å². The van der Waals surface area contributed by atoms with Gasteiger partial charge in [0.2, 0.25) is 17.7 Å². The van der Waals surface area contributed by atoms with E-state index in [1.54, 1.807) is 18.9 Å². The zero-order valence-electron chi connectivity index (χ0n) is 23.9. The first-order valence-electron chi connectivity index (χ1n) is 14.3. The molecule has 39 heavy (non-hydrogen) atoms. The van der Waals surface area contributed by atoms with Crippen LogP contribution in [0.4, 0.5) is 5.00 Å². The number of nitrogens with zero attached hydrogens (tertiary/aromatic N) is 2. The number of likely N-dealkylation sites (tertiary alicyclic amines) is 1. The minimum atomic E-state index is -0.613. The average molecular weight is 554 g/mol. The molecule has 212 valence electrons. The first-order chi connectivity index (χ1) is 18.6. The number of likely N-dealkylation sites (N-methyl/N-ethyl adjacent to an activating group) is 1. The first-order valence-corrected chi connectivity index (χ1v) is 15.1. The number of rotatable bonds is 8. The highest BCUT2D eigenvalue weighted by molar-refractivity contribution is 7.16. The van der Waals surface area contributed by atoms with E-state index in [1.165, 1.54) is 11.3 Å². The van der Waals surface area contributed by atoms with Gasteiger partial charge < -0.3 is 20.9 Å². The van der Waals surface area contributed by atoms with Crippen LogP contribution in [-0.4, -0.2) is 59.3 Å². The highest BCUT2D eigenvalue weighted by atomic mass is 32.1. The van der Waals surface area contributed by atoms with Crippen LogP contribution < -0.4 is 16.0 Å². The maximum Gasteiger partial charge on any atom is 0.247 e. The van der Waals surface area contributed by atoms with Crippen molar-refractivity contribution >= 4 is 34.1 Å². The molecule has 2 heterocycles. The van der Waals surface area contributed by atoms with Gasteiger partial charge >= 0.3 is 0 Å². The third-order valence-electron chi connectivity index (χ3n) is 7.90. The zero-order chi connectivity index (χ0) is 28.2. The Morgan fingerprint density at radius 2 is 1.72 bits per heavy atom. The lowest BCUT2D eigenvalue weighted by Crippen LogP contribution is -2.57. The SMILES string of the molecule is CN[C@@H](C)C(=O)N[C@H](C(=O)N1CCC[C@H]1C(=O)Nc1sc(C(C)(C)C)nc1-c1ccccc1)C1CCCCC1. The van der Waals surface area contributed by atoms with Crippen molar-refractivity contribution in [3.05, 3.63) is 35.3 Å². The van der Waals surface area contributed by atoms with Gasteiger partial charge in [0.15, 0.2) is 0 Å². The zero-order valence-corrected chi connectivity index (χ0v) is 24.7. The van der Waals surface area contributed by atoms with E-state index >= 15 is 0 Å². The van der Waals surface area contributed by atoms with Gasteiger partial charge in [0, 0.05) is 17.5 Å². The van der Waals surface area contributed by atoms with Crippen LogP contribution in [0.1, 0.15) is 77.6 Å². The van der Waals surface area contributed by atoms with Crippen LogP contribution in [0.25, 0.3) is 11.3 Å². The molecule has 0 radical (unpaired) electrons. The summed E-state index contributed by atoms with van der Waals surface area (Å²) in [6.07, 6.45) is 6.44. The topological polar surface area (TPSA) is 103 Å². The second kappa shape index (κ2) is 12.6. The van der Waals surface area contributed by atoms with Crippen molar-refractivity contribution in [2.75, 3.05) is 18.9 Å². The van der Waals surface area contributed by atoms with E-state index < -0.39 is 18.1 Å². The van der Waals surface area contributed by atoms with Gasteiger partial charge in [0.1, 0.15) is 27.8 Å². The molecule has 0 bridgehead atoms. The Balaban J connectivity index is 1.57. The van der Waals surface area contributed by atoms with Crippen LogP contribution in [0, 0.1) is 5.92 Å². The molecular weight excluding hydrogens is 510 g/mol. The Hall–Kier alpha value is -2.78. The summed E-state index contributed by atoms with van der Waals surface area (Å²) in [4.78, 5) is 47.1. The van der Waals surface area contributed by atoms with Gasteiger partial charge in [-0.25, -0.2) is 4.98 Å². The Labute approximate surface area is 236 Å². The molecule has 0 unspecified atom stereocenters. The van der Waals surface area contributed by atoms with Crippen molar-refractivity contribution in [1.82, 2.24) is 20.5 Å². The lowest BCUT2D eigenvalue weighted by atomic mass is 9.83. The third kappa shape index (κ3) is 6.87. The molecule has 3 N–H and O–H groups in total. The summed E-state index contributed by atoms with van der Waals surface area (Å²) in [5.41, 5.74) is 1.53. The number of hydrogen-bond acceptors (Lipinski definition) is 6. The molecule has 1 aromatic carbocycles. The molecule has 1 aliphatic heterocycles. The minimum Gasteiger partial charge on any atom is -0.343 e. The summed E-state index contributed by atoms with van der Waals surface area (Å²) < 4.78 is 0. The van der Waals surface area contributed by atoms with Crippen molar-refractivity contribution < 1.29 is 14.4 Å². The highest BCUT2D eigenvalue weighted by Gasteiger charge is 2.41. The molecule has 2 aromatic rings. The standard InChI is InChI=1S/C30H43N5O3S/c1-19(31-5)25(36)32-24(21-15-10-7-11-16-21)28(38)35-18-12-17-22(35)26(37)34-27-23(20-13-8-6-9-14-20)33-29(39-27)30(2,3)4/h6,8-9,13-14,19,21-22,24,31H,7,10-12,15-18H2,1-5H3,(H,32,36)(H,34,37)/t19-,22-,24-/m0/s1. The molecule has 2 aliphatic rings. The average Bonchev–Trinajstić information content (AvgIpc) is 3.59. The predicted octanol–water partition coefficient (Wildman–Crippen LogP) is 4.71. The van der Waals surface area contributed by atoms with Gasteiger partial charge in [-0.3, -0.25) is 14.4 Å². The van der Waals surface area contributed by atoms with E-state index in [2.05, 4.69) is 36.7 Å². The molecule has 1 saturated heterocycles. The van der Waals surface area contributed by atoms with Gasteiger partial charge in [0.05, 0.1) is 6.04 Å². The molecule has 1 aromatic heterocycles. The van der Waals surface area contributed by atoms with Crippen LogP contribution in [0.5, 0.6) is 0 Å². The van der Waals surface area contributed by atoms with E-state index in [0.717, 1.165) is 54.8 Å². The molecule has 2 fully saturated rings. The van der Waals surface area contributed by atoms with Crippen molar-refractivity contribution in [1.29, 1.82) is 0 Å². The predicted molar refractivity (Wildman–Crippen MR) is 157 cm³/mol. The summed E-state index contributed by atoms with van der Waals surface area (Å²) in [5.74, 6) is -0.434. The van der Waals surface area contributed by atoms with Crippen LogP contribution in [0.15, 0.2) is 30.3 Å². The maximum atomic E-state index is 14.0. The lowest BCUT2D eigenvalue weighted by Gasteiger charge is -2.35. The number of benzene rings is 1. The van der Waals surface area contributed by atoms with Gasteiger partial charge in [-0.15, -0.1) is 11.3 Å². The molecule has 3 amide bonds. The van der Waals surface area contributed by atoms with Crippen LogP contribution >= 0.6 is 11.3 Å². The largest absolute Gasteiger partial charge is 0.343 e. The van der Waals surface area contributed by atoms with Crippen molar-refractivity contribution in [2.45, 2.75) is 96.2 Å². The molecule has 1 aliphatic carbocycles. The summed E-state index contributed by atoms with van der Waals surface area (Å²) in [7, 11) is 1.73. The van der Waals surface area contributed by atoms with E-state index in [9.17, 15) is 14.4 Å². The van der Waals surface area contributed by atoms with Crippen molar-refractivity contribution in [3.8, 4) is 11.3 Å². The van der Waals surface area contributed by atoms with Crippen LogP contribution in [0.2, 0.25) is 0 Å². The Morgan fingerprint density at radius 3 is 2.36 bits per heavy atom. The van der Waals surface area contributed by atoms with Crippen LogP contribution in [-0.2, 0) is 19.8 Å². The third-order valence-corrected chi connectivity index (χ3v) is 9.30. The summed E-state index contributed by atoms with van der Waals surface area (Å²) in [5, 5.41) is 10.8. The van der Waals surface area contributed by atoms with Crippen molar-refractivity contribution in [3.63, 3.8) is 0 Å². The monoisotopic (exact) mass is 553 g/mol. The Bertz CT molecular complexity index is 1150. The number of anilines is 1. The number of aromatic nitrogens is 1. The molecule has 8 nitrogen and oxygen atoms in total. The van der Waals surface area contributed by atoms with E-state index in [1.807, 2.05) is 30.3 Å². The van der Waals surface area contributed by atoms with Gasteiger partial charge in [-0.05, 0) is 45.6 Å². The molecular formula is C30H43N5O3S. The minimum absolute atomic E-state index is 0.0871. The Morgan fingerprint density at radius 1 is 1.03 bits per heavy atom. The molecule has 0 spiro atoms. The summed E-state index contributed by atoms with van der Waals surface area (Å²) >= 11 is 1.49. The number of carbonyl (C=O) groups excluding carboxylic acids is 3. The van der Waals surface area contributed by atoms with E-state index in [0.29, 0.717) is 18.0 Å². The lowest BCUT2D eigenvalue weighted by molar-refractivity contribution is -0.142. The van der Waals surface area contributed by atoms with Gasteiger partial charge in [-0.2, -0.15) is 0 Å². The number of carbonyl (C=O) groups is 3. The van der Waals surface area contributed by atoms with Crippen LogP contribution in [0.3, 0.4) is 0 Å². The number of amides is 3. The van der Waals surface area contributed by atoms with Gasteiger partial charge in [-0.1, -0.05) is 70.4 Å². The summed E-state index contributed by atoms with van der Waals surface area (Å²) in [6.45, 7) is 8.63. The fourth-order valence-electron chi connectivity index (χ4n) is 5.45. The molecule has 3 atom stereocenters. The first kappa shape index (κ1) is 29.2. The van der Waals surface area contributed by atoms with E-state index in [-0.39, 0.29) is 29.1 Å². The second-order valence-electron chi connectivity index (χ2n) is 11.9. The fraction of sp³-hybridized carbons (Fsp3) is 0.600. The number of hydrogen-bond donors (Lipinski definition) is 3. The van der Waals surface area contributed by atoms with Crippen molar-refractivity contribution in [2.24, 2.45) is 5.92 Å². The second-order valence-corrected chi connectivity index (χ2v) is 12.9. The smallest absolute Gasteiger partial charge is 0.247 e. The fourth-order valence-corrected chi connectivity index (χ4v) is 6.50.